The minimum atomic E-state index is -0.551. The highest BCUT2D eigenvalue weighted by Gasteiger charge is 2.11. The van der Waals surface area contributed by atoms with Gasteiger partial charge in [-0.1, -0.05) is 42.5 Å². The van der Waals surface area contributed by atoms with Crippen molar-refractivity contribution in [2.45, 2.75) is 0 Å². The summed E-state index contributed by atoms with van der Waals surface area (Å²) in [6.45, 7) is 0. The number of carbonyl (C=O) groups is 1. The van der Waals surface area contributed by atoms with E-state index in [4.69, 9.17) is 11.5 Å². The second-order valence-electron chi connectivity index (χ2n) is 6.39. The number of nitrogens with zero attached hydrogens (tertiary/aromatic N) is 2. The van der Waals surface area contributed by atoms with Crippen LogP contribution in [0.1, 0.15) is 11.3 Å². The first-order valence-electron chi connectivity index (χ1n) is 8.79. The van der Waals surface area contributed by atoms with Crippen LogP contribution in [0, 0.1) is 0 Å². The maximum absolute atomic E-state index is 11.9. The van der Waals surface area contributed by atoms with E-state index < -0.39 is 5.91 Å². The molecule has 0 aliphatic carbocycles. The van der Waals surface area contributed by atoms with E-state index in [-0.39, 0.29) is 0 Å². The summed E-state index contributed by atoms with van der Waals surface area (Å²) in [7, 11) is 0. The van der Waals surface area contributed by atoms with E-state index in [1.807, 2.05) is 54.6 Å². The van der Waals surface area contributed by atoms with Crippen LogP contribution in [0.4, 0.5) is 5.69 Å². The number of nitrogens with two attached hydrogens (primary N) is 2. The number of rotatable bonds is 4. The number of amides is 1. The molecule has 0 spiro atoms. The number of hydrogen-bond donors (Lipinski definition) is 2. The number of aromatic nitrogens is 2. The van der Waals surface area contributed by atoms with Crippen LogP contribution in [0.15, 0.2) is 79.1 Å². The molecule has 136 valence electrons. The van der Waals surface area contributed by atoms with Gasteiger partial charge in [0.15, 0.2) is 0 Å². The van der Waals surface area contributed by atoms with Gasteiger partial charge >= 0.3 is 0 Å². The molecule has 0 saturated carbocycles. The van der Waals surface area contributed by atoms with Crippen LogP contribution in [0.2, 0.25) is 0 Å². The van der Waals surface area contributed by atoms with Crippen molar-refractivity contribution in [1.82, 2.24) is 9.97 Å². The van der Waals surface area contributed by atoms with Gasteiger partial charge in [0.25, 0.3) is 0 Å². The van der Waals surface area contributed by atoms with Crippen molar-refractivity contribution in [2.24, 2.45) is 5.73 Å². The van der Waals surface area contributed by atoms with E-state index >= 15 is 0 Å². The highest BCUT2D eigenvalue weighted by molar-refractivity contribution is 6.24. The normalized spacial score (nSPS) is 11.5. The Morgan fingerprint density at radius 3 is 2.46 bits per heavy atom. The SMILES string of the molecule is NC(=O)C(=Cc1ccc(-c2ccc3cccnc3c2)cn1)c1ccccc1N. The quantitative estimate of drug-likeness (QED) is 0.423. The van der Waals surface area contributed by atoms with Crippen LogP contribution in [-0.2, 0) is 4.79 Å². The second-order valence-corrected chi connectivity index (χ2v) is 6.39. The minimum Gasteiger partial charge on any atom is -0.398 e. The molecule has 2 aromatic carbocycles. The van der Waals surface area contributed by atoms with Crippen molar-refractivity contribution in [1.29, 1.82) is 0 Å². The predicted molar refractivity (Wildman–Crippen MR) is 113 cm³/mol. The smallest absolute Gasteiger partial charge is 0.249 e. The molecule has 0 radical (unpaired) electrons. The zero-order valence-corrected chi connectivity index (χ0v) is 15.0. The number of anilines is 1. The molecule has 4 aromatic rings. The summed E-state index contributed by atoms with van der Waals surface area (Å²) in [6, 6.07) is 21.0. The van der Waals surface area contributed by atoms with Gasteiger partial charge in [-0.25, -0.2) is 0 Å². The largest absolute Gasteiger partial charge is 0.398 e. The summed E-state index contributed by atoms with van der Waals surface area (Å²) in [6.07, 6.45) is 5.20. The van der Waals surface area contributed by atoms with Gasteiger partial charge in [-0.3, -0.25) is 14.8 Å². The molecule has 5 heteroatoms. The molecule has 5 nitrogen and oxygen atoms in total. The van der Waals surface area contributed by atoms with Crippen molar-refractivity contribution in [3.8, 4) is 11.1 Å². The first-order chi connectivity index (χ1) is 13.6. The molecule has 0 aliphatic rings. The van der Waals surface area contributed by atoms with Gasteiger partial charge in [-0.05, 0) is 35.9 Å². The van der Waals surface area contributed by atoms with E-state index in [1.54, 1.807) is 30.6 Å². The molecular weight excluding hydrogens is 348 g/mol. The summed E-state index contributed by atoms with van der Waals surface area (Å²) in [5.74, 6) is -0.551. The Labute approximate surface area is 162 Å². The number of pyridine rings is 2. The zero-order chi connectivity index (χ0) is 19.5. The summed E-state index contributed by atoms with van der Waals surface area (Å²) in [4.78, 5) is 20.8. The third-order valence-corrected chi connectivity index (χ3v) is 4.53. The lowest BCUT2D eigenvalue weighted by atomic mass is 10.0. The van der Waals surface area contributed by atoms with Crippen LogP contribution in [-0.4, -0.2) is 15.9 Å². The topological polar surface area (TPSA) is 94.9 Å². The van der Waals surface area contributed by atoms with Gasteiger partial charge in [0, 0.05) is 34.6 Å². The number of para-hydroxylation sites is 1. The summed E-state index contributed by atoms with van der Waals surface area (Å²) in [5.41, 5.74) is 16.5. The molecule has 0 unspecified atom stereocenters. The molecule has 1 amide bonds. The molecule has 0 atom stereocenters. The van der Waals surface area contributed by atoms with Crippen LogP contribution < -0.4 is 11.5 Å². The number of carbonyl (C=O) groups excluding carboxylic acids is 1. The number of primary amides is 1. The fourth-order valence-corrected chi connectivity index (χ4v) is 3.08. The van der Waals surface area contributed by atoms with E-state index in [2.05, 4.69) is 9.97 Å². The lowest BCUT2D eigenvalue weighted by Crippen LogP contribution is -2.14. The van der Waals surface area contributed by atoms with E-state index in [1.165, 1.54) is 0 Å². The zero-order valence-electron chi connectivity index (χ0n) is 15.0. The molecule has 0 fully saturated rings. The Bertz CT molecular complexity index is 1200. The van der Waals surface area contributed by atoms with Crippen molar-refractivity contribution < 1.29 is 4.79 Å². The molecule has 28 heavy (non-hydrogen) atoms. The Morgan fingerprint density at radius 1 is 0.893 bits per heavy atom. The van der Waals surface area contributed by atoms with Gasteiger partial charge < -0.3 is 11.5 Å². The predicted octanol–water partition coefficient (Wildman–Crippen LogP) is 3.90. The van der Waals surface area contributed by atoms with Crippen molar-refractivity contribution in [2.75, 3.05) is 5.73 Å². The standard InChI is InChI=1S/C23H18N4O/c24-21-6-2-1-5-19(21)20(23(25)28)13-18-10-9-17(14-27-18)16-8-7-15-4-3-11-26-22(15)12-16/h1-14H,24H2,(H2,25,28). The number of benzene rings is 2. The monoisotopic (exact) mass is 366 g/mol. The van der Waals surface area contributed by atoms with Gasteiger partial charge in [0.1, 0.15) is 0 Å². The van der Waals surface area contributed by atoms with Crippen molar-refractivity contribution >= 4 is 34.1 Å². The Morgan fingerprint density at radius 2 is 1.71 bits per heavy atom. The average Bonchev–Trinajstić information content (AvgIpc) is 2.72. The van der Waals surface area contributed by atoms with Crippen molar-refractivity contribution in [3.05, 3.63) is 90.4 Å². The summed E-state index contributed by atoms with van der Waals surface area (Å²) >= 11 is 0. The maximum atomic E-state index is 11.9. The Hall–Kier alpha value is -3.99. The van der Waals surface area contributed by atoms with E-state index in [9.17, 15) is 4.79 Å². The summed E-state index contributed by atoms with van der Waals surface area (Å²) < 4.78 is 0. The Kier molecular flexibility index (Phi) is 4.56. The van der Waals surface area contributed by atoms with Gasteiger partial charge in [-0.15, -0.1) is 0 Å². The van der Waals surface area contributed by atoms with Gasteiger partial charge in [0.2, 0.25) is 5.91 Å². The average molecular weight is 366 g/mol. The van der Waals surface area contributed by atoms with E-state index in [0.29, 0.717) is 22.5 Å². The second kappa shape index (κ2) is 7.32. The van der Waals surface area contributed by atoms with E-state index in [0.717, 1.165) is 22.0 Å². The van der Waals surface area contributed by atoms with Crippen LogP contribution in [0.25, 0.3) is 33.7 Å². The third kappa shape index (κ3) is 3.46. The fourth-order valence-electron chi connectivity index (χ4n) is 3.08. The molecule has 2 heterocycles. The van der Waals surface area contributed by atoms with Crippen molar-refractivity contribution in [3.63, 3.8) is 0 Å². The highest BCUT2D eigenvalue weighted by Crippen LogP contribution is 2.25. The maximum Gasteiger partial charge on any atom is 0.249 e. The number of nitrogen functional groups attached to an aromatic ring is 1. The van der Waals surface area contributed by atoms with Crippen LogP contribution in [0.5, 0.6) is 0 Å². The molecule has 4 N–H and O–H groups in total. The number of fused-ring (bicyclic) bond motifs is 1. The molecule has 0 saturated heterocycles. The third-order valence-electron chi connectivity index (χ3n) is 4.53. The fraction of sp³-hybridized carbons (Fsp3) is 0. The number of hydrogen-bond acceptors (Lipinski definition) is 4. The highest BCUT2D eigenvalue weighted by atomic mass is 16.1. The molecule has 2 aromatic heterocycles. The van der Waals surface area contributed by atoms with Crippen LogP contribution >= 0.6 is 0 Å². The first kappa shape index (κ1) is 17.4. The van der Waals surface area contributed by atoms with Gasteiger partial charge in [-0.2, -0.15) is 0 Å². The molecule has 0 aliphatic heterocycles. The lowest BCUT2D eigenvalue weighted by Gasteiger charge is -2.08. The summed E-state index contributed by atoms with van der Waals surface area (Å²) in [5, 5.41) is 1.09. The van der Waals surface area contributed by atoms with Crippen LogP contribution in [0.3, 0.4) is 0 Å². The first-order valence-corrected chi connectivity index (χ1v) is 8.79. The lowest BCUT2D eigenvalue weighted by molar-refractivity contribution is -0.112. The van der Waals surface area contributed by atoms with Gasteiger partial charge in [0.05, 0.1) is 16.8 Å². The minimum absolute atomic E-state index is 0.327. The Balaban J connectivity index is 1.69. The molecular formula is C23H18N4O. The molecule has 4 rings (SSSR count). The molecule has 0 bridgehead atoms.